The number of carbonyl (C=O) groups is 1. The van der Waals surface area contributed by atoms with Crippen molar-refractivity contribution in [3.05, 3.63) is 24.1 Å². The van der Waals surface area contributed by atoms with E-state index in [0.717, 1.165) is 44.5 Å². The van der Waals surface area contributed by atoms with Crippen molar-refractivity contribution in [1.82, 2.24) is 25.3 Å². The van der Waals surface area contributed by atoms with Crippen LogP contribution in [0.1, 0.15) is 44.4 Å². The van der Waals surface area contributed by atoms with Gasteiger partial charge in [-0.2, -0.15) is 4.98 Å². The molecular formula is C25H37N5O4. The van der Waals surface area contributed by atoms with Crippen LogP contribution in [0.3, 0.4) is 0 Å². The molecule has 0 unspecified atom stereocenters. The maximum Gasteiger partial charge on any atom is 0.241 e. The van der Waals surface area contributed by atoms with Gasteiger partial charge in [0.15, 0.2) is 11.5 Å². The van der Waals surface area contributed by atoms with Gasteiger partial charge in [0.1, 0.15) is 0 Å². The Morgan fingerprint density at radius 2 is 1.88 bits per heavy atom. The van der Waals surface area contributed by atoms with E-state index in [-0.39, 0.29) is 11.8 Å². The summed E-state index contributed by atoms with van der Waals surface area (Å²) in [5, 5.41) is 7.29. The highest BCUT2D eigenvalue weighted by atomic mass is 16.5. The third kappa shape index (κ3) is 6.48. The number of carbonyl (C=O) groups excluding carboxylic acids is 1. The molecule has 0 aliphatic carbocycles. The Bertz CT molecular complexity index is 928. The number of likely N-dealkylation sites (tertiary alicyclic amines) is 2. The Morgan fingerprint density at radius 1 is 1.09 bits per heavy atom. The van der Waals surface area contributed by atoms with E-state index in [2.05, 4.69) is 25.3 Å². The van der Waals surface area contributed by atoms with E-state index in [0.29, 0.717) is 36.3 Å². The van der Waals surface area contributed by atoms with E-state index in [1.165, 1.54) is 32.4 Å². The molecule has 1 atom stereocenters. The molecule has 2 aromatic rings. The van der Waals surface area contributed by atoms with Crippen molar-refractivity contribution >= 4 is 5.91 Å². The lowest BCUT2D eigenvalue weighted by Gasteiger charge is -2.31. The topological polar surface area (TPSA) is 93.0 Å². The molecule has 0 bridgehead atoms. The highest BCUT2D eigenvalue weighted by Gasteiger charge is 2.27. The minimum Gasteiger partial charge on any atom is -0.493 e. The molecule has 0 radical (unpaired) electrons. The fourth-order valence-electron chi connectivity index (χ4n) is 4.86. The van der Waals surface area contributed by atoms with Gasteiger partial charge in [0.25, 0.3) is 0 Å². The molecule has 4 rings (SSSR count). The van der Waals surface area contributed by atoms with E-state index in [4.69, 9.17) is 14.0 Å². The molecule has 2 fully saturated rings. The summed E-state index contributed by atoms with van der Waals surface area (Å²) in [5.74, 6) is 2.51. The van der Waals surface area contributed by atoms with Crippen LogP contribution in [0.2, 0.25) is 0 Å². The number of ether oxygens (including phenoxy) is 2. The molecule has 1 aromatic heterocycles. The number of piperidine rings is 2. The van der Waals surface area contributed by atoms with Gasteiger partial charge in [-0.05, 0) is 76.5 Å². The molecule has 1 aromatic carbocycles. The number of nitrogens with zero attached hydrogens (tertiary/aromatic N) is 4. The van der Waals surface area contributed by atoms with Crippen molar-refractivity contribution in [2.24, 2.45) is 5.92 Å². The Labute approximate surface area is 201 Å². The van der Waals surface area contributed by atoms with Gasteiger partial charge in [-0.3, -0.25) is 9.69 Å². The average Bonchev–Trinajstić information content (AvgIpc) is 3.35. The lowest BCUT2D eigenvalue weighted by molar-refractivity contribution is -0.126. The van der Waals surface area contributed by atoms with E-state index >= 15 is 0 Å². The summed E-state index contributed by atoms with van der Waals surface area (Å²) in [6, 6.07) is 5.53. The number of hydrogen-bond acceptors (Lipinski definition) is 8. The largest absolute Gasteiger partial charge is 0.493 e. The summed E-state index contributed by atoms with van der Waals surface area (Å²) in [4.78, 5) is 22.0. The average molecular weight is 472 g/mol. The van der Waals surface area contributed by atoms with Crippen LogP contribution < -0.4 is 14.8 Å². The number of nitrogens with one attached hydrogen (secondary N) is 1. The first-order chi connectivity index (χ1) is 16.7. The van der Waals surface area contributed by atoms with Gasteiger partial charge in [-0.15, -0.1) is 0 Å². The molecule has 1 N–H and O–H groups in total. The van der Waals surface area contributed by atoms with Crippen LogP contribution in [0.25, 0.3) is 11.4 Å². The highest BCUT2D eigenvalue weighted by molar-refractivity contribution is 5.78. The third-order valence-electron chi connectivity index (χ3n) is 6.74. The summed E-state index contributed by atoms with van der Waals surface area (Å²) in [7, 11) is 3.20. The Hall–Kier alpha value is -2.65. The second-order valence-electron chi connectivity index (χ2n) is 9.20. The molecule has 186 valence electrons. The molecule has 2 aliphatic rings. The molecular weight excluding hydrogens is 434 g/mol. The van der Waals surface area contributed by atoms with Gasteiger partial charge in [0, 0.05) is 18.7 Å². The third-order valence-corrected chi connectivity index (χ3v) is 6.74. The van der Waals surface area contributed by atoms with Crippen LogP contribution in [0.4, 0.5) is 0 Å². The zero-order valence-electron chi connectivity index (χ0n) is 20.4. The van der Waals surface area contributed by atoms with Crippen LogP contribution in [0.15, 0.2) is 22.7 Å². The van der Waals surface area contributed by atoms with E-state index in [1.807, 2.05) is 18.2 Å². The maximum absolute atomic E-state index is 12.7. The van der Waals surface area contributed by atoms with Crippen molar-refractivity contribution in [2.75, 3.05) is 53.5 Å². The standard InChI is InChI=1S/C25H37N5O4/c1-32-21-10-9-19(16-22(21)33-2)24-27-23(34-28-24)18-30-14-6-8-20(17-30)25(31)26-11-7-15-29-12-4-3-5-13-29/h9-10,16,20H,3-8,11-15,17-18H2,1-2H3,(H,26,31)/t20-/m0/s1. The first-order valence-corrected chi connectivity index (χ1v) is 12.4. The van der Waals surface area contributed by atoms with Crippen molar-refractivity contribution in [1.29, 1.82) is 0 Å². The SMILES string of the molecule is COc1ccc(-c2noc(CN3CCC[C@H](C(=O)NCCCN4CCCCC4)C3)n2)cc1OC. The van der Waals surface area contributed by atoms with E-state index in [1.54, 1.807) is 14.2 Å². The minimum atomic E-state index is 0.0111. The number of rotatable bonds is 10. The second kappa shape index (κ2) is 12.2. The van der Waals surface area contributed by atoms with Gasteiger partial charge in [-0.25, -0.2) is 0 Å². The number of aromatic nitrogens is 2. The normalized spacial score (nSPS) is 19.6. The molecule has 9 heteroatoms. The van der Waals surface area contributed by atoms with Crippen LogP contribution in [-0.4, -0.2) is 79.3 Å². The second-order valence-corrected chi connectivity index (χ2v) is 9.20. The first-order valence-electron chi connectivity index (χ1n) is 12.4. The van der Waals surface area contributed by atoms with Gasteiger partial charge >= 0.3 is 0 Å². The summed E-state index contributed by atoms with van der Waals surface area (Å²) >= 11 is 0. The van der Waals surface area contributed by atoms with Gasteiger partial charge in [0.2, 0.25) is 17.6 Å². The van der Waals surface area contributed by atoms with Gasteiger partial charge < -0.3 is 24.2 Å². The summed E-state index contributed by atoms with van der Waals surface area (Å²) in [6.07, 6.45) is 6.90. The van der Waals surface area contributed by atoms with Crippen molar-refractivity contribution in [3.63, 3.8) is 0 Å². The fourth-order valence-corrected chi connectivity index (χ4v) is 4.86. The van der Waals surface area contributed by atoms with Crippen LogP contribution in [0.5, 0.6) is 11.5 Å². The predicted molar refractivity (Wildman–Crippen MR) is 129 cm³/mol. The zero-order valence-corrected chi connectivity index (χ0v) is 20.4. The van der Waals surface area contributed by atoms with Crippen molar-refractivity contribution < 1.29 is 18.8 Å². The van der Waals surface area contributed by atoms with Gasteiger partial charge in [0.05, 0.1) is 26.7 Å². The van der Waals surface area contributed by atoms with Crippen LogP contribution in [-0.2, 0) is 11.3 Å². The molecule has 2 saturated heterocycles. The molecule has 2 aliphatic heterocycles. The summed E-state index contributed by atoms with van der Waals surface area (Å²) in [5.41, 5.74) is 0.799. The highest BCUT2D eigenvalue weighted by Crippen LogP contribution is 2.31. The minimum absolute atomic E-state index is 0.0111. The molecule has 1 amide bonds. The molecule has 0 saturated carbocycles. The number of hydrogen-bond donors (Lipinski definition) is 1. The lowest BCUT2D eigenvalue weighted by atomic mass is 9.97. The maximum atomic E-state index is 12.7. The van der Waals surface area contributed by atoms with Crippen LogP contribution >= 0.6 is 0 Å². The predicted octanol–water partition coefficient (Wildman–Crippen LogP) is 2.96. The number of amides is 1. The molecule has 34 heavy (non-hydrogen) atoms. The smallest absolute Gasteiger partial charge is 0.241 e. The quantitative estimate of drug-likeness (QED) is 0.529. The summed E-state index contributed by atoms with van der Waals surface area (Å²) in [6.45, 7) is 6.42. The van der Waals surface area contributed by atoms with E-state index in [9.17, 15) is 4.79 Å². The lowest BCUT2D eigenvalue weighted by Crippen LogP contribution is -2.43. The fraction of sp³-hybridized carbons (Fsp3) is 0.640. The molecule has 3 heterocycles. The Morgan fingerprint density at radius 3 is 2.68 bits per heavy atom. The number of methoxy groups -OCH3 is 2. The number of benzene rings is 1. The summed E-state index contributed by atoms with van der Waals surface area (Å²) < 4.78 is 16.2. The Balaban J connectivity index is 1.24. The monoisotopic (exact) mass is 471 g/mol. The van der Waals surface area contributed by atoms with Crippen molar-refractivity contribution in [3.8, 4) is 22.9 Å². The molecule has 0 spiro atoms. The van der Waals surface area contributed by atoms with Crippen LogP contribution in [0, 0.1) is 5.92 Å². The molecule has 9 nitrogen and oxygen atoms in total. The van der Waals surface area contributed by atoms with E-state index < -0.39 is 0 Å². The zero-order chi connectivity index (χ0) is 23.8. The Kier molecular flexibility index (Phi) is 8.76. The van der Waals surface area contributed by atoms with Crippen molar-refractivity contribution in [2.45, 2.75) is 45.1 Å². The van der Waals surface area contributed by atoms with Gasteiger partial charge in [-0.1, -0.05) is 11.6 Å². The first kappa shape index (κ1) is 24.5.